The van der Waals surface area contributed by atoms with Crippen LogP contribution in [0.3, 0.4) is 0 Å². The van der Waals surface area contributed by atoms with Crippen molar-refractivity contribution in [2.24, 2.45) is 10.8 Å². The molecule has 0 aromatic heterocycles. The van der Waals surface area contributed by atoms with E-state index in [1.165, 1.54) is 16.7 Å². The van der Waals surface area contributed by atoms with Crippen LogP contribution in [-0.4, -0.2) is 18.1 Å². The van der Waals surface area contributed by atoms with E-state index < -0.39 is 18.1 Å². The number of benzene rings is 2. The highest BCUT2D eigenvalue weighted by molar-refractivity contribution is 9.10. The fourth-order valence-corrected chi connectivity index (χ4v) is 6.20. The van der Waals surface area contributed by atoms with E-state index >= 15 is 0 Å². The zero-order valence-electron chi connectivity index (χ0n) is 22.0. The van der Waals surface area contributed by atoms with Crippen LogP contribution in [0.2, 0.25) is 26.2 Å². The minimum Gasteiger partial charge on any atom is -0.410 e. The van der Waals surface area contributed by atoms with Gasteiger partial charge in [0.05, 0.1) is 12.2 Å². The molecule has 0 spiro atoms. The first-order valence-corrected chi connectivity index (χ1v) is 17.3. The van der Waals surface area contributed by atoms with Gasteiger partial charge in [-0.2, -0.15) is 0 Å². The molecule has 2 atom stereocenters. The van der Waals surface area contributed by atoms with Crippen LogP contribution in [0.15, 0.2) is 46.9 Å². The molecule has 0 bridgehead atoms. The van der Waals surface area contributed by atoms with Gasteiger partial charge in [0, 0.05) is 4.47 Å². The molecule has 0 saturated heterocycles. The third-order valence-corrected chi connectivity index (χ3v) is 7.38. The van der Waals surface area contributed by atoms with Gasteiger partial charge in [-0.25, -0.2) is 0 Å². The molecule has 0 amide bonds. The molecule has 180 valence electrons. The van der Waals surface area contributed by atoms with E-state index in [2.05, 4.69) is 132 Å². The number of rotatable bonds is 8. The molecule has 33 heavy (non-hydrogen) atoms. The van der Waals surface area contributed by atoms with Gasteiger partial charge in [-0.05, 0) is 77.5 Å². The van der Waals surface area contributed by atoms with Crippen LogP contribution in [0.1, 0.15) is 76.0 Å². The Balaban J connectivity index is 2.67. The third kappa shape index (κ3) is 8.63. The fourth-order valence-electron chi connectivity index (χ4n) is 3.86. The lowest BCUT2D eigenvalue weighted by Crippen LogP contribution is -2.28. The smallest absolute Gasteiger partial charge is 0.205 e. The van der Waals surface area contributed by atoms with Crippen molar-refractivity contribution in [2.75, 3.05) is 0 Å². The topological polar surface area (TPSA) is 18.5 Å². The van der Waals surface area contributed by atoms with Crippen molar-refractivity contribution in [3.63, 3.8) is 0 Å². The maximum Gasteiger partial charge on any atom is 0.205 e. The van der Waals surface area contributed by atoms with E-state index in [0.717, 1.165) is 10.0 Å². The summed E-state index contributed by atoms with van der Waals surface area (Å²) in [5.41, 5.74) is 4.79. The summed E-state index contributed by atoms with van der Waals surface area (Å²) >= 11 is 3.67. The Morgan fingerprint density at radius 3 is 1.58 bits per heavy atom. The van der Waals surface area contributed by atoms with Gasteiger partial charge in [-0.3, -0.25) is 0 Å². The number of hydrogen-bond acceptors (Lipinski definition) is 2. The molecule has 0 fully saturated rings. The quantitative estimate of drug-likeness (QED) is 0.243. The highest BCUT2D eigenvalue weighted by Gasteiger charge is 2.32. The van der Waals surface area contributed by atoms with E-state index in [-0.39, 0.29) is 23.0 Å². The standard InChI is InChI=1S/C28H41BrO2Si2/c1-27(2,3)25(30-32(7)8)22-17-20(15-16-21-13-11-12-14-24(21)29)18-23(19-22)26(28(4,5)6)31-33(9)10/h11-19,25-26H,1-10H3/b16-15+. The second-order valence-corrected chi connectivity index (χ2v) is 16.3. The lowest BCUT2D eigenvalue weighted by Gasteiger charge is -2.36. The maximum atomic E-state index is 6.57. The van der Waals surface area contributed by atoms with Gasteiger partial charge in [0.15, 0.2) is 0 Å². The largest absolute Gasteiger partial charge is 0.410 e. The van der Waals surface area contributed by atoms with Crippen LogP contribution in [0.5, 0.6) is 0 Å². The molecule has 2 rings (SSSR count). The first-order valence-electron chi connectivity index (χ1n) is 11.7. The van der Waals surface area contributed by atoms with Gasteiger partial charge in [0.1, 0.15) is 0 Å². The van der Waals surface area contributed by atoms with Crippen LogP contribution in [-0.2, 0) is 8.85 Å². The summed E-state index contributed by atoms with van der Waals surface area (Å²) in [5, 5.41) is 0. The van der Waals surface area contributed by atoms with Gasteiger partial charge in [-0.1, -0.05) is 93.9 Å². The van der Waals surface area contributed by atoms with E-state index in [1.54, 1.807) is 0 Å². The van der Waals surface area contributed by atoms with Gasteiger partial charge in [0.2, 0.25) is 18.1 Å². The van der Waals surface area contributed by atoms with Crippen molar-refractivity contribution >= 4 is 46.2 Å². The Morgan fingerprint density at radius 1 is 0.727 bits per heavy atom. The Labute approximate surface area is 214 Å². The molecular formula is C28H41BrO2Si2. The second-order valence-electron chi connectivity index (χ2n) is 11.3. The summed E-state index contributed by atoms with van der Waals surface area (Å²) in [6.45, 7) is 22.5. The minimum absolute atomic E-state index is 0.00739. The zero-order valence-corrected chi connectivity index (χ0v) is 25.6. The summed E-state index contributed by atoms with van der Waals surface area (Å²) < 4.78 is 14.2. The molecule has 2 nitrogen and oxygen atoms in total. The lowest BCUT2D eigenvalue weighted by atomic mass is 9.80. The molecular weight excluding hydrogens is 504 g/mol. The molecule has 5 heteroatoms. The predicted octanol–water partition coefficient (Wildman–Crippen LogP) is 9.33. The summed E-state index contributed by atoms with van der Waals surface area (Å²) in [7, 11) is -1.73. The molecule has 0 aliphatic heterocycles. The first kappa shape index (κ1) is 28.3. The van der Waals surface area contributed by atoms with Gasteiger partial charge in [0.25, 0.3) is 0 Å². The van der Waals surface area contributed by atoms with Crippen molar-refractivity contribution < 1.29 is 8.85 Å². The highest BCUT2D eigenvalue weighted by atomic mass is 79.9. The molecule has 0 saturated carbocycles. The zero-order chi connectivity index (χ0) is 25.0. The maximum absolute atomic E-state index is 6.57. The summed E-state index contributed by atoms with van der Waals surface area (Å²) in [5.74, 6) is 0. The molecule has 2 unspecified atom stereocenters. The molecule has 0 N–H and O–H groups in total. The molecule has 0 aliphatic carbocycles. The van der Waals surface area contributed by atoms with Crippen LogP contribution < -0.4 is 0 Å². The van der Waals surface area contributed by atoms with Crippen molar-refractivity contribution in [3.05, 3.63) is 69.2 Å². The molecule has 2 aromatic rings. The summed E-state index contributed by atoms with van der Waals surface area (Å²) in [4.78, 5) is 0. The normalized spacial score (nSPS) is 14.9. The van der Waals surface area contributed by atoms with Crippen molar-refractivity contribution in [1.82, 2.24) is 0 Å². The SMILES string of the molecule is C[Si](C)OC(c1cc(/C=C/c2ccccc2Br)cc(C(O[Si](C)C)C(C)(C)C)c1)C(C)(C)C. The lowest BCUT2D eigenvalue weighted by molar-refractivity contribution is 0.0806. The van der Waals surface area contributed by atoms with Crippen LogP contribution in [0.4, 0.5) is 0 Å². The monoisotopic (exact) mass is 544 g/mol. The molecule has 2 radical (unpaired) electrons. The average Bonchev–Trinajstić information content (AvgIpc) is 2.67. The molecule has 2 aromatic carbocycles. The second kappa shape index (κ2) is 11.6. The Kier molecular flexibility index (Phi) is 9.96. The highest BCUT2D eigenvalue weighted by Crippen LogP contribution is 2.42. The molecule has 0 heterocycles. The van der Waals surface area contributed by atoms with Gasteiger partial charge >= 0.3 is 0 Å². The van der Waals surface area contributed by atoms with Crippen LogP contribution >= 0.6 is 15.9 Å². The van der Waals surface area contributed by atoms with Gasteiger partial charge < -0.3 is 8.85 Å². The Bertz CT molecular complexity index is 893. The van der Waals surface area contributed by atoms with Crippen molar-refractivity contribution in [3.8, 4) is 0 Å². The number of hydrogen-bond donors (Lipinski definition) is 0. The van der Waals surface area contributed by atoms with E-state index in [0.29, 0.717) is 0 Å². The third-order valence-electron chi connectivity index (χ3n) is 5.25. The minimum atomic E-state index is -0.865. The average molecular weight is 546 g/mol. The predicted molar refractivity (Wildman–Crippen MR) is 151 cm³/mol. The van der Waals surface area contributed by atoms with Crippen molar-refractivity contribution in [1.29, 1.82) is 0 Å². The first-order chi connectivity index (χ1) is 15.2. The Morgan fingerprint density at radius 2 is 1.18 bits per heavy atom. The van der Waals surface area contributed by atoms with Crippen molar-refractivity contribution in [2.45, 2.75) is 79.9 Å². The van der Waals surface area contributed by atoms with Crippen LogP contribution in [0, 0.1) is 10.8 Å². The van der Waals surface area contributed by atoms with Gasteiger partial charge in [-0.15, -0.1) is 0 Å². The summed E-state index contributed by atoms with van der Waals surface area (Å²) in [6.07, 6.45) is 4.45. The van der Waals surface area contributed by atoms with E-state index in [9.17, 15) is 0 Å². The summed E-state index contributed by atoms with van der Waals surface area (Å²) in [6, 6.07) is 15.2. The molecule has 0 aliphatic rings. The van der Waals surface area contributed by atoms with E-state index in [4.69, 9.17) is 8.85 Å². The van der Waals surface area contributed by atoms with E-state index in [1.807, 2.05) is 6.07 Å². The Hall–Kier alpha value is -0.986. The van der Waals surface area contributed by atoms with Crippen LogP contribution in [0.25, 0.3) is 12.2 Å². The number of halogens is 1. The fraction of sp³-hybridized carbons (Fsp3) is 0.500.